The van der Waals surface area contributed by atoms with Crippen LogP contribution in [0.5, 0.6) is 0 Å². The summed E-state index contributed by atoms with van der Waals surface area (Å²) in [7, 11) is 0. The fourth-order valence-corrected chi connectivity index (χ4v) is 4.69. The van der Waals surface area contributed by atoms with Crippen LogP contribution in [0.15, 0.2) is 0 Å². The van der Waals surface area contributed by atoms with E-state index in [9.17, 15) is 43.5 Å². The van der Waals surface area contributed by atoms with Crippen LogP contribution in [0.25, 0.3) is 0 Å². The highest BCUT2D eigenvalue weighted by Crippen LogP contribution is 2.06. The van der Waals surface area contributed by atoms with Gasteiger partial charge in [-0.3, -0.25) is 38.4 Å². The number of aliphatic hydroxyl groups excluding tert-OH is 1. The Labute approximate surface area is 302 Å². The first kappa shape index (κ1) is 47.5. The topological polar surface area (TPSA) is 411 Å². The zero-order valence-electron chi connectivity index (χ0n) is 30.0. The van der Waals surface area contributed by atoms with Gasteiger partial charge in [-0.1, -0.05) is 13.8 Å². The molecule has 0 saturated carbocycles. The zero-order chi connectivity index (χ0) is 40.1. The summed E-state index contributed by atoms with van der Waals surface area (Å²) in [5.74, 6) is -6.76. The van der Waals surface area contributed by atoms with E-state index in [0.29, 0.717) is 0 Å². The van der Waals surface area contributed by atoms with Crippen molar-refractivity contribution in [3.63, 3.8) is 0 Å². The van der Waals surface area contributed by atoms with Crippen molar-refractivity contribution in [2.45, 2.75) is 108 Å². The number of carbonyl (C=O) groups excluding carboxylic acids is 8. The lowest BCUT2D eigenvalue weighted by Gasteiger charge is -2.27. The van der Waals surface area contributed by atoms with Crippen molar-refractivity contribution < 1.29 is 43.5 Å². The lowest BCUT2D eigenvalue weighted by molar-refractivity contribution is -0.134. The number of aliphatic hydroxyl groups is 1. The van der Waals surface area contributed by atoms with Gasteiger partial charge in [0.15, 0.2) is 0 Å². The standard InChI is InChI=1S/C30H59N13O9/c1-14(2)12-21(24(37)46)42-27(49)18(5-9-32)41-28(50)20(40-26(48)17(35)13-22(36)45)7-11-38-30(52)23(15(3)44)43-29(51)19(6-10-33)39-25(47)16(34)4-8-31/h14-21,23,44H,4-13,31-35H2,1-3H3,(H2,36,45)(H2,37,46)(H,38,52)(H,39,47)(H,40,48)(H,41,50)(H,42,49)(H,43,51)/t15-,16+,17+,18+,19+,20+,21-,23+/m1/s1. The molecule has 0 radical (unpaired) electrons. The molecule has 298 valence electrons. The van der Waals surface area contributed by atoms with Gasteiger partial charge in [0.05, 0.1) is 24.6 Å². The van der Waals surface area contributed by atoms with Gasteiger partial charge in [-0.2, -0.15) is 0 Å². The lowest BCUT2D eigenvalue weighted by Crippen LogP contribution is -2.59. The summed E-state index contributed by atoms with van der Waals surface area (Å²) in [6.45, 7) is 4.54. The van der Waals surface area contributed by atoms with Crippen molar-refractivity contribution in [2.75, 3.05) is 26.2 Å². The van der Waals surface area contributed by atoms with E-state index >= 15 is 0 Å². The van der Waals surface area contributed by atoms with E-state index in [4.69, 9.17) is 40.1 Å². The van der Waals surface area contributed by atoms with Crippen molar-refractivity contribution in [1.29, 1.82) is 0 Å². The van der Waals surface area contributed by atoms with E-state index in [1.54, 1.807) is 0 Å². The summed E-state index contributed by atoms with van der Waals surface area (Å²) < 4.78 is 0. The Bertz CT molecular complexity index is 1220. The van der Waals surface area contributed by atoms with Gasteiger partial charge >= 0.3 is 0 Å². The van der Waals surface area contributed by atoms with Crippen LogP contribution in [0, 0.1) is 5.92 Å². The highest BCUT2D eigenvalue weighted by molar-refractivity contribution is 5.96. The van der Waals surface area contributed by atoms with Gasteiger partial charge in [0, 0.05) is 6.54 Å². The van der Waals surface area contributed by atoms with Gasteiger partial charge in [-0.05, 0) is 64.6 Å². The molecule has 22 heteroatoms. The summed E-state index contributed by atoms with van der Waals surface area (Å²) in [6, 6.07) is -8.98. The van der Waals surface area contributed by atoms with Gasteiger partial charge in [-0.25, -0.2) is 0 Å². The van der Waals surface area contributed by atoms with Crippen molar-refractivity contribution in [2.24, 2.45) is 46.1 Å². The third kappa shape index (κ3) is 18.1. The lowest BCUT2D eigenvalue weighted by atomic mass is 10.0. The summed E-state index contributed by atoms with van der Waals surface area (Å²) in [5.41, 5.74) is 38.7. The van der Waals surface area contributed by atoms with Crippen LogP contribution in [0.3, 0.4) is 0 Å². The maximum absolute atomic E-state index is 13.4. The molecule has 0 aromatic rings. The first-order valence-electron chi connectivity index (χ1n) is 17.0. The minimum absolute atomic E-state index is 0.0138. The number of nitrogens with two attached hydrogens (primary N) is 7. The van der Waals surface area contributed by atoms with E-state index in [2.05, 4.69) is 31.9 Å². The second kappa shape index (κ2) is 24.7. The quantitative estimate of drug-likeness (QED) is 0.0391. The summed E-state index contributed by atoms with van der Waals surface area (Å²) in [4.78, 5) is 101. The van der Waals surface area contributed by atoms with Crippen LogP contribution in [0.4, 0.5) is 0 Å². The Kier molecular flexibility index (Phi) is 22.5. The first-order valence-corrected chi connectivity index (χ1v) is 17.0. The van der Waals surface area contributed by atoms with Gasteiger partial charge in [-0.15, -0.1) is 0 Å². The number of nitrogens with one attached hydrogen (secondary N) is 6. The molecule has 0 rings (SSSR count). The largest absolute Gasteiger partial charge is 0.391 e. The maximum Gasteiger partial charge on any atom is 0.245 e. The Morgan fingerprint density at radius 3 is 1.40 bits per heavy atom. The van der Waals surface area contributed by atoms with Crippen LogP contribution >= 0.6 is 0 Å². The molecule has 0 aromatic carbocycles. The molecular formula is C30H59N13O9. The Balaban J connectivity index is 5.96. The molecule has 0 unspecified atom stereocenters. The maximum atomic E-state index is 13.4. The van der Waals surface area contributed by atoms with E-state index in [1.807, 2.05) is 13.8 Å². The third-order valence-corrected chi connectivity index (χ3v) is 7.54. The third-order valence-electron chi connectivity index (χ3n) is 7.54. The highest BCUT2D eigenvalue weighted by Gasteiger charge is 2.32. The molecule has 52 heavy (non-hydrogen) atoms. The predicted octanol–water partition coefficient (Wildman–Crippen LogP) is -7.59. The summed E-state index contributed by atoms with van der Waals surface area (Å²) in [5, 5.41) is 24.9. The van der Waals surface area contributed by atoms with Crippen molar-refractivity contribution in [3.05, 3.63) is 0 Å². The number of hydrogen-bond acceptors (Lipinski definition) is 14. The van der Waals surface area contributed by atoms with Gasteiger partial charge in [0.25, 0.3) is 0 Å². The number of amides is 8. The molecular weight excluding hydrogens is 686 g/mol. The molecule has 0 aliphatic heterocycles. The van der Waals surface area contributed by atoms with Crippen LogP contribution in [0.1, 0.15) is 59.3 Å². The smallest absolute Gasteiger partial charge is 0.245 e. The molecule has 0 saturated heterocycles. The van der Waals surface area contributed by atoms with Crippen LogP contribution in [-0.4, -0.2) is 127 Å². The van der Waals surface area contributed by atoms with E-state index in [-0.39, 0.29) is 64.2 Å². The van der Waals surface area contributed by atoms with Crippen molar-refractivity contribution in [3.8, 4) is 0 Å². The van der Waals surface area contributed by atoms with Gasteiger partial charge in [0.2, 0.25) is 47.3 Å². The number of primary amides is 2. The fraction of sp³-hybridized carbons (Fsp3) is 0.733. The summed E-state index contributed by atoms with van der Waals surface area (Å²) >= 11 is 0. The molecule has 0 aliphatic rings. The molecule has 8 atom stereocenters. The Morgan fingerprint density at radius 2 is 0.981 bits per heavy atom. The molecule has 0 spiro atoms. The number of hydrogen-bond donors (Lipinski definition) is 14. The van der Waals surface area contributed by atoms with Crippen molar-refractivity contribution >= 4 is 47.3 Å². The van der Waals surface area contributed by atoms with Gasteiger partial charge < -0.3 is 77.1 Å². The zero-order valence-corrected chi connectivity index (χ0v) is 30.0. The molecule has 22 nitrogen and oxygen atoms in total. The van der Waals surface area contributed by atoms with E-state index in [0.717, 1.165) is 0 Å². The van der Waals surface area contributed by atoms with E-state index < -0.39 is 102 Å². The highest BCUT2D eigenvalue weighted by atomic mass is 16.3. The minimum atomic E-state index is -1.55. The SMILES string of the molecule is CC(C)C[C@@H](NC(=O)[C@H](CCN)NC(=O)[C@H](CCNC(=O)[C@@H](NC(=O)[C@H](CCN)NC(=O)[C@@H](N)CCN)[C@@H](C)O)NC(=O)[C@@H](N)CC(N)=O)C(N)=O. The molecule has 0 aromatic heterocycles. The average molecular weight is 746 g/mol. The predicted molar refractivity (Wildman–Crippen MR) is 188 cm³/mol. The van der Waals surface area contributed by atoms with E-state index in [1.165, 1.54) is 6.92 Å². The molecule has 8 amide bonds. The summed E-state index contributed by atoms with van der Waals surface area (Å²) in [6.07, 6.45) is -2.07. The molecule has 0 fully saturated rings. The fourth-order valence-electron chi connectivity index (χ4n) is 4.69. The normalized spacial score (nSPS) is 15.7. The molecule has 0 bridgehead atoms. The number of rotatable bonds is 26. The molecule has 0 aliphatic carbocycles. The monoisotopic (exact) mass is 745 g/mol. The second-order valence-electron chi connectivity index (χ2n) is 12.7. The van der Waals surface area contributed by atoms with Crippen LogP contribution in [-0.2, 0) is 38.4 Å². The average Bonchev–Trinajstić information content (AvgIpc) is 3.04. The molecule has 21 N–H and O–H groups in total. The molecule has 0 heterocycles. The second-order valence-corrected chi connectivity index (χ2v) is 12.7. The Hall–Kier alpha value is -4.48. The van der Waals surface area contributed by atoms with Gasteiger partial charge in [0.1, 0.15) is 30.2 Å². The Morgan fingerprint density at radius 1 is 0.558 bits per heavy atom. The minimum Gasteiger partial charge on any atom is -0.391 e. The number of carbonyl (C=O) groups is 8. The first-order chi connectivity index (χ1) is 24.3. The van der Waals surface area contributed by atoms with Crippen molar-refractivity contribution in [1.82, 2.24) is 31.9 Å². The van der Waals surface area contributed by atoms with Crippen LogP contribution < -0.4 is 72.0 Å². The van der Waals surface area contributed by atoms with Crippen LogP contribution in [0.2, 0.25) is 0 Å².